The second kappa shape index (κ2) is 6.50. The fourth-order valence-corrected chi connectivity index (χ4v) is 6.02. The quantitative estimate of drug-likeness (QED) is 0.773. The lowest BCUT2D eigenvalue weighted by Crippen LogP contribution is -2.19. The maximum Gasteiger partial charge on any atom is 0.228 e. The van der Waals surface area contributed by atoms with Crippen LogP contribution in [0.4, 0.5) is 11.4 Å². The van der Waals surface area contributed by atoms with Crippen molar-refractivity contribution in [3.05, 3.63) is 18.2 Å². The highest BCUT2D eigenvalue weighted by Gasteiger charge is 2.59. The van der Waals surface area contributed by atoms with Crippen molar-refractivity contribution >= 4 is 23.2 Å². The minimum atomic E-state index is 0.109. The van der Waals surface area contributed by atoms with Gasteiger partial charge in [-0.15, -0.1) is 0 Å². The second-order valence-corrected chi connectivity index (χ2v) is 9.55. The van der Waals surface area contributed by atoms with Crippen molar-refractivity contribution in [2.45, 2.75) is 64.2 Å². The molecule has 4 aliphatic carbocycles. The van der Waals surface area contributed by atoms with Crippen LogP contribution in [0.1, 0.15) is 64.2 Å². The van der Waals surface area contributed by atoms with Gasteiger partial charge in [0.2, 0.25) is 11.8 Å². The van der Waals surface area contributed by atoms with Gasteiger partial charge < -0.3 is 15.4 Å². The first-order valence-electron chi connectivity index (χ1n) is 10.9. The molecule has 2 amide bonds. The minimum Gasteiger partial charge on any atom is -0.494 e. The van der Waals surface area contributed by atoms with Gasteiger partial charge in [-0.1, -0.05) is 25.7 Å². The third kappa shape index (κ3) is 2.99. The lowest BCUT2D eigenvalue weighted by Gasteiger charge is -2.14. The second-order valence-electron chi connectivity index (χ2n) is 9.55. The summed E-state index contributed by atoms with van der Waals surface area (Å²) in [6.07, 6.45) is 11.9. The van der Waals surface area contributed by atoms with E-state index in [0.29, 0.717) is 16.9 Å². The summed E-state index contributed by atoms with van der Waals surface area (Å²) in [7, 11) is 1.60. The van der Waals surface area contributed by atoms with E-state index in [1.807, 2.05) is 18.2 Å². The summed E-state index contributed by atoms with van der Waals surface area (Å²) in [5.74, 6) is 1.15. The predicted molar refractivity (Wildman–Crippen MR) is 108 cm³/mol. The molecular formula is C23H30N2O3. The maximum absolute atomic E-state index is 12.7. The molecule has 2 atom stereocenters. The Morgan fingerprint density at radius 2 is 1.43 bits per heavy atom. The highest BCUT2D eigenvalue weighted by Crippen LogP contribution is 2.64. The number of benzene rings is 1. The molecular weight excluding hydrogens is 352 g/mol. The number of amides is 2. The molecule has 2 unspecified atom stereocenters. The van der Waals surface area contributed by atoms with Crippen LogP contribution in [0.2, 0.25) is 0 Å². The third-order valence-corrected chi connectivity index (χ3v) is 7.94. The molecule has 28 heavy (non-hydrogen) atoms. The summed E-state index contributed by atoms with van der Waals surface area (Å²) >= 11 is 0. The Kier molecular flexibility index (Phi) is 4.18. The molecule has 0 aromatic heterocycles. The lowest BCUT2D eigenvalue weighted by molar-refractivity contribution is -0.119. The Morgan fingerprint density at radius 1 is 0.893 bits per heavy atom. The molecule has 2 N–H and O–H groups in total. The largest absolute Gasteiger partial charge is 0.494 e. The van der Waals surface area contributed by atoms with Gasteiger partial charge >= 0.3 is 0 Å². The maximum atomic E-state index is 12.7. The van der Waals surface area contributed by atoms with E-state index in [0.717, 1.165) is 18.5 Å². The SMILES string of the molecule is COc1cc(NC(=O)C2CC23CCCC3)ccc1NC(=O)C1CC12CCCC2. The van der Waals surface area contributed by atoms with Crippen LogP contribution in [-0.4, -0.2) is 18.9 Å². The molecule has 4 aliphatic rings. The van der Waals surface area contributed by atoms with Crippen molar-refractivity contribution in [1.29, 1.82) is 0 Å². The molecule has 2 spiro atoms. The van der Waals surface area contributed by atoms with Crippen LogP contribution in [-0.2, 0) is 9.59 Å². The summed E-state index contributed by atoms with van der Waals surface area (Å²) in [6.45, 7) is 0. The van der Waals surface area contributed by atoms with Gasteiger partial charge in [-0.05, 0) is 61.5 Å². The number of ether oxygens (including phenoxy) is 1. The minimum absolute atomic E-state index is 0.109. The van der Waals surface area contributed by atoms with Gasteiger partial charge in [0.05, 0.1) is 12.8 Å². The monoisotopic (exact) mass is 382 g/mol. The number of nitrogens with one attached hydrogen (secondary N) is 2. The van der Waals surface area contributed by atoms with Crippen molar-refractivity contribution < 1.29 is 14.3 Å². The third-order valence-electron chi connectivity index (χ3n) is 7.94. The van der Waals surface area contributed by atoms with Crippen molar-refractivity contribution in [3.63, 3.8) is 0 Å². The zero-order valence-corrected chi connectivity index (χ0v) is 16.7. The molecule has 1 aromatic rings. The van der Waals surface area contributed by atoms with Crippen LogP contribution >= 0.6 is 0 Å². The zero-order chi connectivity index (χ0) is 19.4. The lowest BCUT2D eigenvalue weighted by atomic mass is 10.0. The Balaban J connectivity index is 1.22. The van der Waals surface area contributed by atoms with Crippen LogP contribution < -0.4 is 15.4 Å². The number of rotatable bonds is 5. The first kappa shape index (κ1) is 18.0. The highest BCUT2D eigenvalue weighted by molar-refractivity contribution is 5.98. The smallest absolute Gasteiger partial charge is 0.228 e. The van der Waals surface area contributed by atoms with E-state index in [1.54, 1.807) is 7.11 Å². The Hall–Kier alpha value is -2.04. The van der Waals surface area contributed by atoms with E-state index >= 15 is 0 Å². The fourth-order valence-electron chi connectivity index (χ4n) is 6.02. The van der Waals surface area contributed by atoms with Gasteiger partial charge in [0.25, 0.3) is 0 Å². The van der Waals surface area contributed by atoms with Gasteiger partial charge in [-0.2, -0.15) is 0 Å². The van der Waals surface area contributed by atoms with Gasteiger partial charge in [0, 0.05) is 23.6 Å². The molecule has 5 heteroatoms. The normalized spacial score (nSPS) is 28.3. The number of hydrogen-bond acceptors (Lipinski definition) is 3. The molecule has 0 heterocycles. The molecule has 0 radical (unpaired) electrons. The zero-order valence-electron chi connectivity index (χ0n) is 16.7. The van der Waals surface area contributed by atoms with Crippen molar-refractivity contribution in [2.24, 2.45) is 22.7 Å². The van der Waals surface area contributed by atoms with Crippen molar-refractivity contribution in [1.82, 2.24) is 0 Å². The summed E-state index contributed by atoms with van der Waals surface area (Å²) in [4.78, 5) is 25.3. The predicted octanol–water partition coefficient (Wildman–Crippen LogP) is 4.73. The van der Waals surface area contributed by atoms with E-state index in [2.05, 4.69) is 10.6 Å². The standard InChI is InChI=1S/C23H30N2O3/c1-28-19-12-15(24-20(26)16-13-22(16)8-2-3-9-22)6-7-18(19)25-21(27)17-14-23(17)10-4-5-11-23/h6-7,12,16-17H,2-5,8-11,13-14H2,1H3,(H,24,26)(H,25,27). The molecule has 5 rings (SSSR count). The van der Waals surface area contributed by atoms with E-state index in [9.17, 15) is 9.59 Å². The number of methoxy groups -OCH3 is 1. The summed E-state index contributed by atoms with van der Waals surface area (Å²) in [6, 6.07) is 5.52. The number of carbonyl (C=O) groups is 2. The average Bonchev–Trinajstić information content (AvgIpc) is 3.40. The molecule has 0 saturated heterocycles. The summed E-state index contributed by atoms with van der Waals surface area (Å²) < 4.78 is 5.49. The molecule has 4 fully saturated rings. The average molecular weight is 383 g/mol. The van der Waals surface area contributed by atoms with Crippen LogP contribution in [0.5, 0.6) is 5.75 Å². The molecule has 150 valence electrons. The van der Waals surface area contributed by atoms with E-state index in [1.165, 1.54) is 51.4 Å². The molecule has 0 aliphatic heterocycles. The van der Waals surface area contributed by atoms with Gasteiger partial charge in [0.15, 0.2) is 0 Å². The van der Waals surface area contributed by atoms with E-state index < -0.39 is 0 Å². The van der Waals surface area contributed by atoms with Crippen molar-refractivity contribution in [3.8, 4) is 5.75 Å². The first-order valence-corrected chi connectivity index (χ1v) is 10.9. The Labute approximate surface area is 166 Å². The van der Waals surface area contributed by atoms with Crippen LogP contribution in [0, 0.1) is 22.7 Å². The molecule has 5 nitrogen and oxygen atoms in total. The first-order chi connectivity index (χ1) is 13.6. The Morgan fingerprint density at radius 3 is 1.96 bits per heavy atom. The molecule has 0 bridgehead atoms. The molecule has 4 saturated carbocycles. The summed E-state index contributed by atoms with van der Waals surface area (Å²) in [5, 5.41) is 6.11. The number of anilines is 2. The number of hydrogen-bond donors (Lipinski definition) is 2. The van der Waals surface area contributed by atoms with E-state index in [4.69, 9.17) is 4.74 Å². The topological polar surface area (TPSA) is 67.4 Å². The number of carbonyl (C=O) groups excluding carboxylic acids is 2. The Bertz CT molecular complexity index is 806. The van der Waals surface area contributed by atoms with Crippen LogP contribution in [0.25, 0.3) is 0 Å². The fraction of sp³-hybridized carbons (Fsp3) is 0.652. The van der Waals surface area contributed by atoms with Crippen LogP contribution in [0.3, 0.4) is 0 Å². The van der Waals surface area contributed by atoms with Gasteiger partial charge in [-0.3, -0.25) is 9.59 Å². The van der Waals surface area contributed by atoms with Gasteiger partial charge in [-0.25, -0.2) is 0 Å². The van der Waals surface area contributed by atoms with Gasteiger partial charge in [0.1, 0.15) is 5.75 Å². The summed E-state index contributed by atoms with van der Waals surface area (Å²) in [5.41, 5.74) is 2.00. The highest BCUT2D eigenvalue weighted by atomic mass is 16.5. The molecule has 1 aromatic carbocycles. The van der Waals surface area contributed by atoms with Crippen LogP contribution in [0.15, 0.2) is 18.2 Å². The van der Waals surface area contributed by atoms with Crippen molar-refractivity contribution in [2.75, 3.05) is 17.7 Å². The van der Waals surface area contributed by atoms with E-state index in [-0.39, 0.29) is 29.1 Å².